The maximum absolute atomic E-state index is 11.4. The van der Waals surface area contributed by atoms with Crippen molar-refractivity contribution in [2.75, 3.05) is 12.0 Å². The van der Waals surface area contributed by atoms with E-state index in [2.05, 4.69) is 0 Å². The molecule has 20 heavy (non-hydrogen) atoms. The second kappa shape index (κ2) is 5.21. The lowest BCUT2D eigenvalue weighted by Crippen LogP contribution is -2.06. The lowest BCUT2D eigenvalue weighted by Gasteiger charge is -2.12. The SMILES string of the molecule is Bc1cc(C)c(N)c(Oc2ccc(S(C)(=O)=O)cc2)c1. The van der Waals surface area contributed by atoms with Crippen LogP contribution >= 0.6 is 0 Å². The Labute approximate surface area is 119 Å². The fourth-order valence-electron chi connectivity index (χ4n) is 1.91. The van der Waals surface area contributed by atoms with Gasteiger partial charge in [0.15, 0.2) is 9.84 Å². The molecule has 0 amide bonds. The number of aryl methyl sites for hydroxylation is 1. The van der Waals surface area contributed by atoms with Crippen molar-refractivity contribution in [1.82, 2.24) is 0 Å². The predicted molar refractivity (Wildman–Crippen MR) is 83.4 cm³/mol. The molecular formula is C14H16BNO3S. The van der Waals surface area contributed by atoms with Crippen LogP contribution in [-0.4, -0.2) is 22.5 Å². The molecule has 4 nitrogen and oxygen atoms in total. The van der Waals surface area contributed by atoms with Gasteiger partial charge in [-0.2, -0.15) is 0 Å². The molecule has 2 aromatic rings. The highest BCUT2D eigenvalue weighted by atomic mass is 32.2. The maximum atomic E-state index is 11.4. The summed E-state index contributed by atoms with van der Waals surface area (Å²) in [6, 6.07) is 10.1. The first-order chi connectivity index (χ1) is 9.27. The van der Waals surface area contributed by atoms with Gasteiger partial charge >= 0.3 is 0 Å². The zero-order chi connectivity index (χ0) is 14.9. The Morgan fingerprint density at radius 1 is 1.15 bits per heavy atom. The summed E-state index contributed by atoms with van der Waals surface area (Å²) < 4.78 is 28.5. The highest BCUT2D eigenvalue weighted by molar-refractivity contribution is 7.90. The number of benzene rings is 2. The van der Waals surface area contributed by atoms with Crippen molar-refractivity contribution in [2.24, 2.45) is 0 Å². The van der Waals surface area contributed by atoms with Crippen LogP contribution in [0.15, 0.2) is 41.3 Å². The largest absolute Gasteiger partial charge is 0.455 e. The molecule has 0 aliphatic heterocycles. The Hall–Kier alpha value is -1.95. The van der Waals surface area contributed by atoms with Gasteiger partial charge in [0.25, 0.3) is 0 Å². The van der Waals surface area contributed by atoms with Crippen LogP contribution in [0.3, 0.4) is 0 Å². The van der Waals surface area contributed by atoms with E-state index in [1.54, 1.807) is 12.1 Å². The fourth-order valence-corrected chi connectivity index (χ4v) is 2.54. The number of rotatable bonds is 3. The van der Waals surface area contributed by atoms with Gasteiger partial charge in [0.05, 0.1) is 10.6 Å². The van der Waals surface area contributed by atoms with Gasteiger partial charge in [0, 0.05) is 6.26 Å². The Morgan fingerprint density at radius 3 is 2.30 bits per heavy atom. The number of anilines is 1. The molecular weight excluding hydrogens is 273 g/mol. The molecule has 2 aromatic carbocycles. The lowest BCUT2D eigenvalue weighted by atomic mass is 9.93. The lowest BCUT2D eigenvalue weighted by molar-refractivity contribution is 0.484. The first kappa shape index (κ1) is 14.5. The third-order valence-electron chi connectivity index (χ3n) is 2.97. The van der Waals surface area contributed by atoms with Gasteiger partial charge in [0.2, 0.25) is 0 Å². The van der Waals surface area contributed by atoms with Crippen LogP contribution in [-0.2, 0) is 9.84 Å². The van der Waals surface area contributed by atoms with Gasteiger partial charge in [-0.3, -0.25) is 0 Å². The van der Waals surface area contributed by atoms with Crippen molar-refractivity contribution < 1.29 is 13.2 Å². The first-order valence-corrected chi connectivity index (χ1v) is 8.01. The second-order valence-electron chi connectivity index (χ2n) is 4.84. The van der Waals surface area contributed by atoms with Crippen LogP contribution in [0.25, 0.3) is 0 Å². The molecule has 0 saturated heterocycles. The van der Waals surface area contributed by atoms with Gasteiger partial charge in [0.1, 0.15) is 19.3 Å². The average molecular weight is 289 g/mol. The number of sulfone groups is 1. The van der Waals surface area contributed by atoms with Gasteiger partial charge in [-0.1, -0.05) is 11.5 Å². The van der Waals surface area contributed by atoms with E-state index in [4.69, 9.17) is 10.5 Å². The number of ether oxygens (including phenoxy) is 1. The number of hydrogen-bond donors (Lipinski definition) is 1. The van der Waals surface area contributed by atoms with Crippen LogP contribution < -0.4 is 15.9 Å². The van der Waals surface area contributed by atoms with Gasteiger partial charge in [-0.05, 0) is 42.8 Å². The summed E-state index contributed by atoms with van der Waals surface area (Å²) in [4.78, 5) is 0.262. The molecule has 0 aliphatic carbocycles. The zero-order valence-corrected chi connectivity index (χ0v) is 12.5. The predicted octanol–water partition coefficient (Wildman–Crippen LogP) is 1.03. The number of hydrogen-bond acceptors (Lipinski definition) is 4. The van der Waals surface area contributed by atoms with E-state index in [1.165, 1.54) is 18.4 Å². The fraction of sp³-hybridized carbons (Fsp3) is 0.143. The van der Waals surface area contributed by atoms with Gasteiger partial charge in [-0.15, -0.1) is 0 Å². The molecule has 0 saturated carbocycles. The summed E-state index contributed by atoms with van der Waals surface area (Å²) in [5, 5.41) is 0. The van der Waals surface area contributed by atoms with Crippen LogP contribution in [0.4, 0.5) is 5.69 Å². The molecule has 0 heterocycles. The van der Waals surface area contributed by atoms with E-state index < -0.39 is 9.84 Å². The molecule has 6 heteroatoms. The smallest absolute Gasteiger partial charge is 0.175 e. The minimum Gasteiger partial charge on any atom is -0.455 e. The minimum absolute atomic E-state index is 0.262. The normalized spacial score (nSPS) is 11.3. The van der Waals surface area contributed by atoms with Crippen molar-refractivity contribution in [1.29, 1.82) is 0 Å². The summed E-state index contributed by atoms with van der Waals surface area (Å²) in [7, 11) is -1.23. The van der Waals surface area contributed by atoms with E-state index in [0.29, 0.717) is 17.2 Å². The highest BCUT2D eigenvalue weighted by Crippen LogP contribution is 2.29. The number of nitrogen functional groups attached to an aromatic ring is 1. The molecule has 0 spiro atoms. The average Bonchev–Trinajstić information content (AvgIpc) is 2.35. The Morgan fingerprint density at radius 2 is 1.75 bits per heavy atom. The first-order valence-electron chi connectivity index (χ1n) is 6.12. The molecule has 2 rings (SSSR count). The summed E-state index contributed by atoms with van der Waals surface area (Å²) in [6.45, 7) is 1.92. The quantitative estimate of drug-likeness (QED) is 0.677. The molecule has 0 fully saturated rings. The third kappa shape index (κ3) is 3.14. The van der Waals surface area contributed by atoms with E-state index in [1.807, 2.05) is 26.9 Å². The van der Waals surface area contributed by atoms with Crippen LogP contribution in [0.1, 0.15) is 5.56 Å². The monoisotopic (exact) mass is 289 g/mol. The van der Waals surface area contributed by atoms with Crippen molar-refractivity contribution in [2.45, 2.75) is 11.8 Å². The molecule has 0 unspecified atom stereocenters. The zero-order valence-electron chi connectivity index (χ0n) is 11.7. The second-order valence-corrected chi connectivity index (χ2v) is 6.85. The van der Waals surface area contributed by atoms with Crippen LogP contribution in [0, 0.1) is 6.92 Å². The Kier molecular flexibility index (Phi) is 3.77. The molecule has 2 N–H and O–H groups in total. The molecule has 0 atom stereocenters. The minimum atomic E-state index is -3.19. The Balaban J connectivity index is 2.32. The van der Waals surface area contributed by atoms with Crippen molar-refractivity contribution in [3.63, 3.8) is 0 Å². The molecule has 0 radical (unpaired) electrons. The standard InChI is InChI=1S/C14H16BNO3S/c1-9-7-10(15)8-13(14(9)16)19-11-3-5-12(6-4-11)20(2,17)18/h3-8H,15-16H2,1-2H3. The summed E-state index contributed by atoms with van der Waals surface area (Å²) >= 11 is 0. The summed E-state index contributed by atoms with van der Waals surface area (Å²) in [6.07, 6.45) is 1.17. The van der Waals surface area contributed by atoms with Gasteiger partial charge in [-0.25, -0.2) is 8.42 Å². The third-order valence-corrected chi connectivity index (χ3v) is 4.10. The van der Waals surface area contributed by atoms with E-state index >= 15 is 0 Å². The van der Waals surface area contributed by atoms with Crippen molar-refractivity contribution in [3.05, 3.63) is 42.0 Å². The summed E-state index contributed by atoms with van der Waals surface area (Å²) in [5.74, 6) is 1.13. The molecule has 0 bridgehead atoms. The van der Waals surface area contributed by atoms with E-state index in [0.717, 1.165) is 11.0 Å². The van der Waals surface area contributed by atoms with Crippen molar-refractivity contribution in [3.8, 4) is 11.5 Å². The summed E-state index contributed by atoms with van der Waals surface area (Å²) in [5.41, 5.74) is 8.57. The number of nitrogens with two attached hydrogens (primary N) is 1. The molecule has 0 aromatic heterocycles. The topological polar surface area (TPSA) is 69.4 Å². The van der Waals surface area contributed by atoms with Gasteiger partial charge < -0.3 is 10.5 Å². The van der Waals surface area contributed by atoms with Crippen molar-refractivity contribution >= 4 is 28.8 Å². The highest BCUT2D eigenvalue weighted by Gasteiger charge is 2.09. The van der Waals surface area contributed by atoms with Crippen LogP contribution in [0.2, 0.25) is 0 Å². The molecule has 104 valence electrons. The van der Waals surface area contributed by atoms with E-state index in [-0.39, 0.29) is 4.90 Å². The van der Waals surface area contributed by atoms with E-state index in [9.17, 15) is 8.42 Å². The van der Waals surface area contributed by atoms with Crippen LogP contribution in [0.5, 0.6) is 11.5 Å². The molecule has 0 aliphatic rings. The Bertz CT molecular complexity index is 740. The maximum Gasteiger partial charge on any atom is 0.175 e.